The number of thiazole rings is 1. The number of hydrogen-bond acceptors (Lipinski definition) is 9. The van der Waals surface area contributed by atoms with E-state index in [1.54, 1.807) is 32.1 Å². The molecular formula is C38H67N3O6S. The van der Waals surface area contributed by atoms with E-state index in [1.807, 2.05) is 67.5 Å². The Bertz CT molecular complexity index is 1160. The molecule has 0 bridgehead atoms. The molecule has 3 N–H and O–H groups in total. The second-order valence-electron chi connectivity index (χ2n) is 15.8. The third-order valence-electron chi connectivity index (χ3n) is 9.08. The van der Waals surface area contributed by atoms with Gasteiger partial charge in [0.2, 0.25) is 5.91 Å². The highest BCUT2D eigenvalue weighted by Gasteiger charge is 2.43. The molecule has 0 saturated carbocycles. The zero-order chi connectivity index (χ0) is 36.7. The van der Waals surface area contributed by atoms with Crippen LogP contribution in [0.1, 0.15) is 132 Å². The molecule has 0 aliphatic carbocycles. The van der Waals surface area contributed by atoms with Crippen molar-refractivity contribution >= 4 is 35.1 Å². The number of aryl methyl sites for hydroxylation is 1. The standard InChI is InChI=1S/C31H58N2O6.C7H9NS/c1-21-13-11-15-22(2)27(39-26(36)20-33-30(7,8)16-18-38-29(4,5)6)23(3)28(37)31(9,10)24(34)19-25(35)32-17-12-14-21;1-3-4-7-5-9-6(2)8-7/h21-24,27,33-34H,11-20H2,1-10H3,(H,32,35);3-5H,1-2H3/b;4-3-/t21?,22?,23?,24?,27-;/m0./s1. The number of amides is 1. The number of allylic oxidation sites excluding steroid dienone is 1. The molecular weight excluding hydrogens is 627 g/mol. The molecule has 1 amide bonds. The summed E-state index contributed by atoms with van der Waals surface area (Å²) < 4.78 is 11.8. The van der Waals surface area contributed by atoms with Gasteiger partial charge >= 0.3 is 5.97 Å². The zero-order valence-electron chi connectivity index (χ0n) is 32.0. The van der Waals surface area contributed by atoms with Gasteiger partial charge in [-0.1, -0.05) is 53.5 Å². The number of nitrogens with one attached hydrogen (secondary N) is 2. The minimum atomic E-state index is -1.17. The summed E-state index contributed by atoms with van der Waals surface area (Å²) >= 11 is 1.68. The molecule has 2 heterocycles. The summed E-state index contributed by atoms with van der Waals surface area (Å²) in [5, 5.41) is 20.2. The van der Waals surface area contributed by atoms with Crippen LogP contribution in [-0.4, -0.2) is 70.8 Å². The van der Waals surface area contributed by atoms with Gasteiger partial charge in [-0.25, -0.2) is 4.98 Å². The minimum absolute atomic E-state index is 0.0237. The van der Waals surface area contributed by atoms with Gasteiger partial charge in [-0.05, 0) is 92.1 Å². The Balaban J connectivity index is 0.00000110. The largest absolute Gasteiger partial charge is 0.460 e. The van der Waals surface area contributed by atoms with Gasteiger partial charge in [0.15, 0.2) is 0 Å². The third kappa shape index (κ3) is 17.0. The molecule has 5 atom stereocenters. The topological polar surface area (TPSA) is 127 Å². The Morgan fingerprint density at radius 3 is 2.35 bits per heavy atom. The van der Waals surface area contributed by atoms with Gasteiger partial charge in [-0.2, -0.15) is 0 Å². The van der Waals surface area contributed by atoms with Gasteiger partial charge in [-0.3, -0.25) is 14.4 Å². The highest BCUT2D eigenvalue weighted by molar-refractivity contribution is 7.09. The molecule has 0 spiro atoms. The van der Waals surface area contributed by atoms with Crippen molar-refractivity contribution in [3.8, 4) is 0 Å². The Morgan fingerprint density at radius 1 is 1.12 bits per heavy atom. The molecule has 10 heteroatoms. The van der Waals surface area contributed by atoms with Crippen molar-refractivity contribution in [3.05, 3.63) is 22.2 Å². The molecule has 1 fully saturated rings. The smallest absolute Gasteiger partial charge is 0.320 e. The first-order chi connectivity index (χ1) is 22.2. The van der Waals surface area contributed by atoms with Crippen LogP contribution in [0.15, 0.2) is 11.5 Å². The number of ketones is 1. The number of carbonyl (C=O) groups excluding carboxylic acids is 3. The average Bonchev–Trinajstić information content (AvgIpc) is 3.39. The van der Waals surface area contributed by atoms with Crippen LogP contribution in [0.3, 0.4) is 0 Å². The maximum Gasteiger partial charge on any atom is 0.320 e. The van der Waals surface area contributed by atoms with E-state index in [-0.39, 0.29) is 41.7 Å². The number of aromatic nitrogens is 1. The molecule has 48 heavy (non-hydrogen) atoms. The van der Waals surface area contributed by atoms with E-state index in [4.69, 9.17) is 9.47 Å². The third-order valence-corrected chi connectivity index (χ3v) is 9.87. The Labute approximate surface area is 295 Å². The van der Waals surface area contributed by atoms with Crippen LogP contribution in [-0.2, 0) is 23.9 Å². The maximum atomic E-state index is 13.7. The number of ether oxygens (including phenoxy) is 2. The van der Waals surface area contributed by atoms with Crippen molar-refractivity contribution in [1.29, 1.82) is 0 Å². The van der Waals surface area contributed by atoms with Gasteiger partial charge in [0.25, 0.3) is 0 Å². The van der Waals surface area contributed by atoms with E-state index in [1.165, 1.54) is 0 Å². The highest BCUT2D eigenvalue weighted by Crippen LogP contribution is 2.33. The number of nitrogens with zero attached hydrogens (tertiary/aromatic N) is 1. The van der Waals surface area contributed by atoms with Crippen LogP contribution in [0.5, 0.6) is 0 Å². The fraction of sp³-hybridized carbons (Fsp3) is 0.789. The second kappa shape index (κ2) is 20.5. The van der Waals surface area contributed by atoms with Crippen LogP contribution in [0.25, 0.3) is 6.08 Å². The molecule has 1 aliphatic heterocycles. The number of aliphatic hydroxyl groups excluding tert-OH is 1. The molecule has 0 aromatic carbocycles. The number of hydrogen-bond donors (Lipinski definition) is 3. The molecule has 1 aliphatic rings. The van der Waals surface area contributed by atoms with E-state index >= 15 is 0 Å². The molecule has 1 saturated heterocycles. The summed E-state index contributed by atoms with van der Waals surface area (Å²) in [6.45, 7) is 24.6. The van der Waals surface area contributed by atoms with Gasteiger partial charge < -0.3 is 25.2 Å². The van der Waals surface area contributed by atoms with Crippen molar-refractivity contribution in [2.45, 2.75) is 151 Å². The first kappa shape index (κ1) is 43.9. The zero-order valence-corrected chi connectivity index (χ0v) is 32.9. The molecule has 9 nitrogen and oxygen atoms in total. The molecule has 2 rings (SSSR count). The number of aliphatic hydroxyl groups is 1. The lowest BCUT2D eigenvalue weighted by Gasteiger charge is -2.36. The quantitative estimate of drug-likeness (QED) is 0.242. The Hall–Kier alpha value is -2.14. The maximum absolute atomic E-state index is 13.7. The number of rotatable bonds is 8. The first-order valence-corrected chi connectivity index (χ1v) is 18.7. The lowest BCUT2D eigenvalue weighted by molar-refractivity contribution is -0.159. The number of Topliss-reactive ketones (excluding diaryl/α,β-unsaturated/α-hetero) is 1. The summed E-state index contributed by atoms with van der Waals surface area (Å²) in [6.07, 6.45) is 7.56. The normalized spacial score (nSPS) is 25.2. The van der Waals surface area contributed by atoms with Crippen molar-refractivity contribution in [1.82, 2.24) is 15.6 Å². The average molecular weight is 694 g/mol. The summed E-state index contributed by atoms with van der Waals surface area (Å²) in [5.41, 5.74) is -0.651. The fourth-order valence-electron chi connectivity index (χ4n) is 5.72. The lowest BCUT2D eigenvalue weighted by Crippen LogP contribution is -2.48. The fourth-order valence-corrected chi connectivity index (χ4v) is 6.30. The van der Waals surface area contributed by atoms with Crippen LogP contribution in [0.2, 0.25) is 0 Å². The minimum Gasteiger partial charge on any atom is -0.460 e. The molecule has 4 unspecified atom stereocenters. The van der Waals surface area contributed by atoms with Gasteiger partial charge in [0, 0.05) is 24.1 Å². The van der Waals surface area contributed by atoms with Crippen LogP contribution >= 0.6 is 11.3 Å². The summed E-state index contributed by atoms with van der Waals surface area (Å²) in [4.78, 5) is 43.3. The summed E-state index contributed by atoms with van der Waals surface area (Å²) in [5.74, 6) is -1.01. The van der Waals surface area contributed by atoms with E-state index < -0.39 is 29.5 Å². The van der Waals surface area contributed by atoms with Crippen LogP contribution in [0, 0.1) is 30.1 Å². The summed E-state index contributed by atoms with van der Waals surface area (Å²) in [7, 11) is 0. The van der Waals surface area contributed by atoms with Crippen molar-refractivity contribution in [2.75, 3.05) is 19.7 Å². The predicted octanol–water partition coefficient (Wildman–Crippen LogP) is 7.29. The van der Waals surface area contributed by atoms with E-state index in [0.717, 1.165) is 49.2 Å². The highest BCUT2D eigenvalue weighted by atomic mass is 32.1. The van der Waals surface area contributed by atoms with E-state index in [2.05, 4.69) is 27.9 Å². The van der Waals surface area contributed by atoms with Crippen LogP contribution < -0.4 is 10.6 Å². The van der Waals surface area contributed by atoms with Crippen molar-refractivity contribution < 1.29 is 29.0 Å². The first-order valence-electron chi connectivity index (χ1n) is 17.8. The molecule has 0 radical (unpaired) electrons. The van der Waals surface area contributed by atoms with E-state index in [0.29, 0.717) is 19.1 Å². The van der Waals surface area contributed by atoms with Gasteiger partial charge in [0.05, 0.1) is 46.7 Å². The van der Waals surface area contributed by atoms with Crippen molar-refractivity contribution in [2.24, 2.45) is 23.2 Å². The van der Waals surface area contributed by atoms with Crippen LogP contribution in [0.4, 0.5) is 0 Å². The second-order valence-corrected chi connectivity index (χ2v) is 16.9. The van der Waals surface area contributed by atoms with Gasteiger partial charge in [-0.15, -0.1) is 11.3 Å². The molecule has 1 aromatic rings. The van der Waals surface area contributed by atoms with Crippen molar-refractivity contribution in [3.63, 3.8) is 0 Å². The molecule has 1 aromatic heterocycles. The van der Waals surface area contributed by atoms with Gasteiger partial charge in [0.1, 0.15) is 11.9 Å². The lowest BCUT2D eigenvalue weighted by atomic mass is 9.72. The molecule has 276 valence electrons. The Morgan fingerprint density at radius 2 is 1.77 bits per heavy atom. The van der Waals surface area contributed by atoms with E-state index in [9.17, 15) is 19.5 Å². The monoisotopic (exact) mass is 693 g/mol. The SMILES string of the molecule is C/C=C\c1csc(C)n1.CC1CCCNC(=O)CC(O)C(C)(C)C(=O)C(C)[C@@H](OC(=O)CNC(C)(C)CCOC(C)(C)C)C(C)CCC1. The predicted molar refractivity (Wildman–Crippen MR) is 197 cm³/mol. The summed E-state index contributed by atoms with van der Waals surface area (Å²) in [6, 6.07) is 0. The number of esters is 1. The number of carbonyl (C=O) groups is 3. The Kier molecular flexibility index (Phi) is 18.8.